The molecule has 0 saturated carbocycles. The second-order valence-electron chi connectivity index (χ2n) is 5.89. The van der Waals surface area contributed by atoms with Crippen molar-refractivity contribution in [2.24, 2.45) is 5.92 Å². The topological polar surface area (TPSA) is 71.7 Å². The van der Waals surface area contributed by atoms with E-state index in [0.717, 1.165) is 12.8 Å². The van der Waals surface area contributed by atoms with E-state index in [0.29, 0.717) is 5.76 Å². The van der Waals surface area contributed by atoms with Crippen LogP contribution in [-0.4, -0.2) is 29.8 Å². The molecule has 1 saturated heterocycles. The van der Waals surface area contributed by atoms with Crippen molar-refractivity contribution in [3.8, 4) is 0 Å². The molecule has 112 valence electrons. The summed E-state index contributed by atoms with van der Waals surface area (Å²) in [5, 5.41) is 13.1. The van der Waals surface area contributed by atoms with E-state index in [1.165, 1.54) is 6.26 Å². The van der Waals surface area contributed by atoms with E-state index >= 15 is 0 Å². The summed E-state index contributed by atoms with van der Waals surface area (Å²) >= 11 is 0. The van der Waals surface area contributed by atoms with E-state index in [2.05, 4.69) is 5.32 Å². The Labute approximate surface area is 119 Å². The molecule has 1 aliphatic heterocycles. The van der Waals surface area contributed by atoms with Crippen LogP contribution in [0.25, 0.3) is 0 Å². The molecule has 0 aromatic carbocycles. The number of carbonyl (C=O) groups is 1. The van der Waals surface area contributed by atoms with Crippen LogP contribution in [-0.2, 0) is 15.1 Å². The van der Waals surface area contributed by atoms with Gasteiger partial charge in [0.1, 0.15) is 11.4 Å². The third-order valence-corrected chi connectivity index (χ3v) is 3.73. The quantitative estimate of drug-likeness (QED) is 0.883. The zero-order valence-corrected chi connectivity index (χ0v) is 12.3. The number of hydrogen-bond donors (Lipinski definition) is 2. The molecule has 0 bridgehead atoms. The number of carbonyl (C=O) groups excluding carboxylic acids is 1. The Balaban J connectivity index is 1.89. The van der Waals surface area contributed by atoms with Gasteiger partial charge < -0.3 is 19.6 Å². The molecule has 0 spiro atoms. The summed E-state index contributed by atoms with van der Waals surface area (Å²) in [7, 11) is 0. The molecule has 3 unspecified atom stereocenters. The maximum atomic E-state index is 12.2. The van der Waals surface area contributed by atoms with Gasteiger partial charge >= 0.3 is 0 Å². The van der Waals surface area contributed by atoms with Gasteiger partial charge in [-0.1, -0.05) is 0 Å². The average Bonchev–Trinajstić information content (AvgIpc) is 2.89. The van der Waals surface area contributed by atoms with Gasteiger partial charge in [0.15, 0.2) is 0 Å². The summed E-state index contributed by atoms with van der Waals surface area (Å²) in [6.07, 6.45) is 3.14. The molecule has 0 radical (unpaired) electrons. The lowest BCUT2D eigenvalue weighted by Crippen LogP contribution is -2.44. The Hall–Kier alpha value is -1.33. The second-order valence-corrected chi connectivity index (χ2v) is 5.89. The zero-order chi connectivity index (χ0) is 14.8. The SMILES string of the molecule is CC1CC(C(=O)NCC(C)(O)c2ccco2)CC(C)O1. The maximum Gasteiger partial charge on any atom is 0.223 e. The van der Waals surface area contributed by atoms with E-state index in [1.54, 1.807) is 19.1 Å². The lowest BCUT2D eigenvalue weighted by molar-refractivity contribution is -0.134. The molecular weight excluding hydrogens is 258 g/mol. The van der Waals surface area contributed by atoms with E-state index in [4.69, 9.17) is 9.15 Å². The highest BCUT2D eigenvalue weighted by Crippen LogP contribution is 2.25. The van der Waals surface area contributed by atoms with E-state index < -0.39 is 5.60 Å². The first-order valence-electron chi connectivity index (χ1n) is 7.08. The van der Waals surface area contributed by atoms with Crippen LogP contribution in [0.15, 0.2) is 22.8 Å². The van der Waals surface area contributed by atoms with Gasteiger partial charge in [0.2, 0.25) is 5.91 Å². The summed E-state index contributed by atoms with van der Waals surface area (Å²) in [4.78, 5) is 12.2. The predicted molar refractivity (Wildman–Crippen MR) is 74.0 cm³/mol. The number of rotatable bonds is 4. The van der Waals surface area contributed by atoms with Gasteiger partial charge in [-0.25, -0.2) is 0 Å². The molecule has 1 aromatic rings. The lowest BCUT2D eigenvalue weighted by atomic mass is 9.91. The molecule has 2 heterocycles. The monoisotopic (exact) mass is 281 g/mol. The molecule has 1 aromatic heterocycles. The Kier molecular flexibility index (Phi) is 4.50. The molecule has 2 N–H and O–H groups in total. The van der Waals surface area contributed by atoms with Crippen LogP contribution in [0.1, 0.15) is 39.4 Å². The van der Waals surface area contributed by atoms with Crippen molar-refractivity contribution in [1.82, 2.24) is 5.32 Å². The number of hydrogen-bond acceptors (Lipinski definition) is 4. The van der Waals surface area contributed by atoms with Gasteiger partial charge in [0.05, 0.1) is 25.0 Å². The van der Waals surface area contributed by atoms with Crippen molar-refractivity contribution in [1.29, 1.82) is 0 Å². The fourth-order valence-electron chi connectivity index (χ4n) is 2.70. The standard InChI is InChI=1S/C15H23NO4/c1-10-7-12(8-11(2)20-10)14(17)16-9-15(3,18)13-5-4-6-19-13/h4-6,10-12,18H,7-9H2,1-3H3,(H,16,17). The molecule has 5 nitrogen and oxygen atoms in total. The van der Waals surface area contributed by atoms with Crippen LogP contribution in [0.2, 0.25) is 0 Å². The van der Waals surface area contributed by atoms with Gasteiger partial charge in [-0.2, -0.15) is 0 Å². The van der Waals surface area contributed by atoms with Crippen molar-refractivity contribution < 1.29 is 19.1 Å². The molecule has 1 amide bonds. The summed E-state index contributed by atoms with van der Waals surface area (Å²) in [6, 6.07) is 3.41. The fraction of sp³-hybridized carbons (Fsp3) is 0.667. The zero-order valence-electron chi connectivity index (χ0n) is 12.3. The largest absolute Gasteiger partial charge is 0.466 e. The molecule has 1 fully saturated rings. The molecule has 0 aliphatic carbocycles. The highest BCUT2D eigenvalue weighted by Gasteiger charge is 2.32. The fourth-order valence-corrected chi connectivity index (χ4v) is 2.70. The smallest absolute Gasteiger partial charge is 0.223 e. The first-order valence-corrected chi connectivity index (χ1v) is 7.08. The van der Waals surface area contributed by atoms with Gasteiger partial charge in [-0.3, -0.25) is 4.79 Å². The third-order valence-electron chi connectivity index (χ3n) is 3.73. The van der Waals surface area contributed by atoms with Crippen LogP contribution >= 0.6 is 0 Å². The van der Waals surface area contributed by atoms with Gasteiger partial charge in [0, 0.05) is 5.92 Å². The van der Waals surface area contributed by atoms with Crippen LogP contribution in [0.5, 0.6) is 0 Å². The first kappa shape index (κ1) is 15.1. The Bertz CT molecular complexity index is 431. The highest BCUT2D eigenvalue weighted by molar-refractivity contribution is 5.78. The molecule has 2 rings (SSSR count). The number of furan rings is 1. The van der Waals surface area contributed by atoms with E-state index in [1.807, 2.05) is 13.8 Å². The van der Waals surface area contributed by atoms with Gasteiger partial charge in [-0.05, 0) is 45.7 Å². The van der Waals surface area contributed by atoms with Gasteiger partial charge in [-0.15, -0.1) is 0 Å². The Morgan fingerprint density at radius 2 is 2.10 bits per heavy atom. The van der Waals surface area contributed by atoms with E-state index in [-0.39, 0.29) is 30.6 Å². The molecule has 5 heteroatoms. The van der Waals surface area contributed by atoms with Gasteiger partial charge in [0.25, 0.3) is 0 Å². The number of nitrogens with one attached hydrogen (secondary N) is 1. The van der Waals surface area contributed by atoms with Crippen LogP contribution < -0.4 is 5.32 Å². The molecule has 20 heavy (non-hydrogen) atoms. The van der Waals surface area contributed by atoms with Crippen molar-refractivity contribution in [2.75, 3.05) is 6.54 Å². The third kappa shape index (κ3) is 3.61. The Morgan fingerprint density at radius 3 is 2.65 bits per heavy atom. The maximum absolute atomic E-state index is 12.2. The van der Waals surface area contributed by atoms with Crippen LogP contribution in [0.3, 0.4) is 0 Å². The number of ether oxygens (including phenoxy) is 1. The molecular formula is C15H23NO4. The summed E-state index contributed by atoms with van der Waals surface area (Å²) < 4.78 is 10.8. The van der Waals surface area contributed by atoms with Crippen LogP contribution in [0.4, 0.5) is 0 Å². The molecule has 3 atom stereocenters. The van der Waals surface area contributed by atoms with Crippen molar-refractivity contribution in [3.63, 3.8) is 0 Å². The average molecular weight is 281 g/mol. The van der Waals surface area contributed by atoms with E-state index in [9.17, 15) is 9.90 Å². The first-order chi connectivity index (χ1) is 9.38. The number of amides is 1. The lowest BCUT2D eigenvalue weighted by Gasteiger charge is -2.32. The Morgan fingerprint density at radius 1 is 1.45 bits per heavy atom. The van der Waals surface area contributed by atoms with Crippen molar-refractivity contribution in [3.05, 3.63) is 24.2 Å². The van der Waals surface area contributed by atoms with Crippen molar-refractivity contribution >= 4 is 5.91 Å². The predicted octanol–water partition coefficient (Wildman–Crippen LogP) is 1.81. The van der Waals surface area contributed by atoms with Crippen molar-refractivity contribution in [2.45, 2.75) is 51.4 Å². The minimum absolute atomic E-state index is 0.0289. The second kappa shape index (κ2) is 5.97. The highest BCUT2D eigenvalue weighted by atomic mass is 16.5. The molecule has 1 aliphatic rings. The normalized spacial score (nSPS) is 29.7. The number of aliphatic hydroxyl groups is 1. The minimum atomic E-state index is -1.19. The van der Waals surface area contributed by atoms with Crippen LogP contribution in [0, 0.1) is 5.92 Å². The summed E-state index contributed by atoms with van der Waals surface area (Å²) in [5.74, 6) is 0.367. The summed E-state index contributed by atoms with van der Waals surface area (Å²) in [5.41, 5.74) is -1.19. The summed E-state index contributed by atoms with van der Waals surface area (Å²) in [6.45, 7) is 5.73. The minimum Gasteiger partial charge on any atom is -0.466 e.